The largest absolute Gasteiger partial charge is 0.497 e. The number of epoxide rings is 1. The van der Waals surface area contributed by atoms with Gasteiger partial charge in [-0.3, -0.25) is 9.63 Å². The summed E-state index contributed by atoms with van der Waals surface area (Å²) in [7, 11) is -2.66. The third kappa shape index (κ3) is 13.7. The summed E-state index contributed by atoms with van der Waals surface area (Å²) in [5, 5.41) is 25.6. The number of carbonyl (C=O) groups is 1. The van der Waals surface area contributed by atoms with Crippen LogP contribution in [-0.4, -0.2) is 117 Å². The van der Waals surface area contributed by atoms with Crippen LogP contribution in [-0.2, 0) is 39.0 Å². The maximum Gasteiger partial charge on any atom is 0.248 e. The van der Waals surface area contributed by atoms with Crippen LogP contribution in [0.3, 0.4) is 0 Å². The first-order valence-electron chi connectivity index (χ1n) is 20.8. The third-order valence-electron chi connectivity index (χ3n) is 13.7. The molecule has 0 bridgehead atoms. The van der Waals surface area contributed by atoms with E-state index in [1.54, 1.807) is 7.11 Å². The van der Waals surface area contributed by atoms with Crippen LogP contribution in [0.2, 0.25) is 54.4 Å². The Morgan fingerprint density at radius 3 is 1.72 bits per heavy atom. The monoisotopic (exact) mass is 858 g/mol. The quantitative estimate of drug-likeness (QED) is 0.0664. The van der Waals surface area contributed by atoms with Crippen LogP contribution in [0.25, 0.3) is 0 Å². The molecular weight excluding hydrogens is 775 g/mol. The summed E-state index contributed by atoms with van der Waals surface area (Å²) in [4.78, 5) is 18.4. The lowest BCUT2D eigenvalue weighted by atomic mass is 9.78. The zero-order valence-electron chi connectivity index (χ0n) is 39.5. The Kier molecular flexibility index (Phi) is 17.9. The minimum absolute atomic E-state index is 0.00312. The van der Waals surface area contributed by atoms with E-state index < -0.39 is 66.6 Å². The zero-order chi connectivity index (χ0) is 44.2. The SMILES string of the molecule is COc1ccc(COC[C@H](C)[C@H]2OC2(C)[C@@H](O[Si](C)(C)C(C)(C)C)[C@@H](CO[Si](C)(C)C(C)(C)C)[C@@H](O)[C@@H](CO[Si](C)(C)C(C)(C)C)[C@H](O)CC(=O)N(C)OC)cc1. The highest BCUT2D eigenvalue weighted by molar-refractivity contribution is 6.75. The second-order valence-corrected chi connectivity index (χ2v) is 35.5. The van der Waals surface area contributed by atoms with Gasteiger partial charge in [0.2, 0.25) is 5.91 Å². The highest BCUT2D eigenvalue weighted by Crippen LogP contribution is 2.52. The van der Waals surface area contributed by atoms with Gasteiger partial charge in [-0.1, -0.05) is 81.4 Å². The Hall–Kier alpha value is -1.18. The van der Waals surface area contributed by atoms with Crippen LogP contribution in [0.4, 0.5) is 0 Å². The lowest BCUT2D eigenvalue weighted by Gasteiger charge is -2.47. The van der Waals surface area contributed by atoms with Crippen molar-refractivity contribution >= 4 is 30.9 Å². The van der Waals surface area contributed by atoms with Crippen LogP contribution in [0.1, 0.15) is 88.1 Å². The summed E-state index contributed by atoms with van der Waals surface area (Å²) >= 11 is 0. The number of amides is 1. The fraction of sp³-hybridized carbons (Fsp3) is 0.837. The van der Waals surface area contributed by atoms with Crippen molar-refractivity contribution in [3.05, 3.63) is 29.8 Å². The van der Waals surface area contributed by atoms with E-state index >= 15 is 0 Å². The molecule has 1 fully saturated rings. The van der Waals surface area contributed by atoms with Crippen LogP contribution in [0, 0.1) is 17.8 Å². The normalized spacial score (nSPS) is 21.7. The van der Waals surface area contributed by atoms with Crippen LogP contribution in [0.15, 0.2) is 24.3 Å². The second kappa shape index (κ2) is 19.7. The van der Waals surface area contributed by atoms with Crippen molar-refractivity contribution in [3.63, 3.8) is 0 Å². The van der Waals surface area contributed by atoms with Gasteiger partial charge >= 0.3 is 0 Å². The van der Waals surface area contributed by atoms with Gasteiger partial charge in [-0.15, -0.1) is 0 Å². The molecule has 0 aromatic heterocycles. The molecule has 0 radical (unpaired) electrons. The molecule has 1 aliphatic rings. The van der Waals surface area contributed by atoms with E-state index in [9.17, 15) is 15.0 Å². The fourth-order valence-electron chi connectivity index (χ4n) is 6.17. The topological polar surface area (TPSA) is 129 Å². The average Bonchev–Trinajstić information content (AvgIpc) is 3.78. The Labute approximate surface area is 350 Å². The molecule has 1 aliphatic heterocycles. The van der Waals surface area contributed by atoms with E-state index in [4.69, 9.17) is 32.3 Å². The highest BCUT2D eigenvalue weighted by atomic mass is 28.4. The molecule has 1 heterocycles. The summed E-state index contributed by atoms with van der Waals surface area (Å²) in [5.41, 5.74) is 0.246. The molecule has 14 heteroatoms. The van der Waals surface area contributed by atoms with Gasteiger partial charge < -0.3 is 37.7 Å². The zero-order valence-corrected chi connectivity index (χ0v) is 42.5. The molecule has 0 saturated carbocycles. The number of hydroxylamine groups is 2. The molecule has 11 nitrogen and oxygen atoms in total. The number of ether oxygens (including phenoxy) is 3. The summed E-state index contributed by atoms with van der Waals surface area (Å²) in [5.74, 6) is -1.10. The van der Waals surface area contributed by atoms with Crippen molar-refractivity contribution in [1.82, 2.24) is 5.06 Å². The van der Waals surface area contributed by atoms with Crippen LogP contribution < -0.4 is 4.74 Å². The first kappa shape index (κ1) is 52.0. The van der Waals surface area contributed by atoms with Crippen molar-refractivity contribution in [1.29, 1.82) is 0 Å². The maximum atomic E-state index is 13.2. The van der Waals surface area contributed by atoms with E-state index in [0.29, 0.717) is 13.2 Å². The summed E-state index contributed by atoms with van der Waals surface area (Å²) in [6.45, 7) is 38.2. The maximum absolute atomic E-state index is 13.2. The second-order valence-electron chi connectivity index (χ2n) is 21.2. The summed E-state index contributed by atoms with van der Waals surface area (Å²) in [6.07, 6.45) is -3.53. The lowest BCUT2D eigenvalue weighted by molar-refractivity contribution is -0.173. The first-order valence-corrected chi connectivity index (χ1v) is 29.5. The van der Waals surface area contributed by atoms with Gasteiger partial charge in [0.15, 0.2) is 25.0 Å². The molecule has 1 amide bonds. The van der Waals surface area contributed by atoms with Crippen molar-refractivity contribution in [3.8, 4) is 5.75 Å². The highest BCUT2D eigenvalue weighted by Gasteiger charge is 2.65. The van der Waals surface area contributed by atoms with E-state index in [2.05, 4.69) is 115 Å². The third-order valence-corrected chi connectivity index (χ3v) is 27.1. The van der Waals surface area contributed by atoms with Crippen LogP contribution in [0.5, 0.6) is 5.75 Å². The predicted octanol–water partition coefficient (Wildman–Crippen LogP) is 8.80. The van der Waals surface area contributed by atoms with Crippen molar-refractivity contribution in [2.75, 3.05) is 41.1 Å². The molecule has 0 aliphatic carbocycles. The van der Waals surface area contributed by atoms with Gasteiger partial charge in [-0.05, 0) is 79.0 Å². The van der Waals surface area contributed by atoms with Gasteiger partial charge in [-0.25, -0.2) is 5.06 Å². The standard InChI is InChI=1S/C43H83NO10Si3/c1-30(26-50-27-31-21-23-32(48-13)24-22-31)38-43(11,53-38)39(54-57(19,20)42(8,9)10)34(29-52-56(17,18)41(5,6)7)37(47)33(28-51-55(15,16)40(2,3)4)35(45)25-36(46)44(12)49-14/h21-24,30,33-35,37-39,45,47H,25-29H2,1-20H3/t30-,33-,34-,35+,37-,38+,39-,43?/m0/s1. The molecule has 1 aromatic rings. The van der Waals surface area contributed by atoms with Crippen molar-refractivity contribution < 1.29 is 47.3 Å². The van der Waals surface area contributed by atoms with E-state index in [1.807, 2.05) is 24.3 Å². The number of carbonyl (C=O) groups excluding carboxylic acids is 1. The molecule has 2 N–H and O–H groups in total. The number of aliphatic hydroxyl groups is 2. The van der Waals surface area contributed by atoms with E-state index in [1.165, 1.54) is 14.2 Å². The average molecular weight is 858 g/mol. The number of hydrogen-bond donors (Lipinski definition) is 2. The number of nitrogens with zero attached hydrogens (tertiary/aromatic N) is 1. The summed E-state index contributed by atoms with van der Waals surface area (Å²) in [6, 6.07) is 7.85. The van der Waals surface area contributed by atoms with E-state index in [-0.39, 0.29) is 46.8 Å². The molecular formula is C43H83NO10Si3. The van der Waals surface area contributed by atoms with Gasteiger partial charge in [0.25, 0.3) is 0 Å². The number of benzene rings is 1. The molecule has 8 atom stereocenters. The Bertz CT molecular complexity index is 1410. The van der Waals surface area contributed by atoms with Gasteiger partial charge in [0.05, 0.1) is 58.3 Å². The Balaban J connectivity index is 2.68. The molecule has 0 spiro atoms. The molecule has 2 rings (SSSR count). The molecule has 1 saturated heterocycles. The molecule has 332 valence electrons. The number of hydrogen-bond acceptors (Lipinski definition) is 10. The first-order chi connectivity index (χ1) is 25.8. The number of methoxy groups -OCH3 is 1. The van der Waals surface area contributed by atoms with Gasteiger partial charge in [0.1, 0.15) is 11.4 Å². The van der Waals surface area contributed by atoms with Crippen LogP contribution >= 0.6 is 0 Å². The Morgan fingerprint density at radius 1 is 0.807 bits per heavy atom. The minimum Gasteiger partial charge on any atom is -0.497 e. The van der Waals surface area contributed by atoms with Gasteiger partial charge in [0, 0.05) is 38.0 Å². The smallest absolute Gasteiger partial charge is 0.248 e. The number of aliphatic hydroxyl groups excluding tert-OH is 2. The minimum atomic E-state index is -2.52. The Morgan fingerprint density at radius 2 is 1.28 bits per heavy atom. The van der Waals surface area contributed by atoms with Crippen molar-refractivity contribution in [2.24, 2.45) is 17.8 Å². The molecule has 1 aromatic carbocycles. The lowest BCUT2D eigenvalue weighted by Crippen LogP contribution is -2.58. The predicted molar refractivity (Wildman–Crippen MR) is 237 cm³/mol. The molecule has 1 unspecified atom stereocenters. The van der Waals surface area contributed by atoms with Crippen molar-refractivity contribution in [2.45, 2.75) is 174 Å². The summed E-state index contributed by atoms with van der Waals surface area (Å²) < 4.78 is 39.5. The molecule has 57 heavy (non-hydrogen) atoms. The number of rotatable bonds is 22. The van der Waals surface area contributed by atoms with E-state index in [0.717, 1.165) is 16.4 Å². The fourth-order valence-corrected chi connectivity index (χ4v) is 9.65. The van der Waals surface area contributed by atoms with Gasteiger partial charge in [-0.2, -0.15) is 0 Å².